The lowest BCUT2D eigenvalue weighted by Crippen LogP contribution is -2.11. The topological polar surface area (TPSA) is 43.4 Å². The molecule has 0 fully saturated rings. The van der Waals surface area contributed by atoms with E-state index in [4.69, 9.17) is 4.74 Å². The Morgan fingerprint density at radius 3 is 1.24 bits per heavy atom. The lowest BCUT2D eigenvalue weighted by Gasteiger charge is -2.05. The fourth-order valence-corrected chi connectivity index (χ4v) is 2.93. The van der Waals surface area contributed by atoms with Gasteiger partial charge in [-0.2, -0.15) is 0 Å². The van der Waals surface area contributed by atoms with Crippen LogP contribution in [0.5, 0.6) is 0 Å². The molecule has 0 saturated heterocycles. The van der Waals surface area contributed by atoms with E-state index in [9.17, 15) is 9.59 Å². The predicted octanol–water partition coefficient (Wildman–Crippen LogP) is 6.83. The highest BCUT2D eigenvalue weighted by molar-refractivity contribution is 5.85. The summed E-state index contributed by atoms with van der Waals surface area (Å²) in [5, 5.41) is 0. The summed E-state index contributed by atoms with van der Waals surface area (Å²) in [6.45, 7) is 9.00. The SMILES string of the molecule is CC(C)CCCCCCCC(=O)OC(=O)CCCCCCCC(C)C. The molecule has 0 aromatic heterocycles. The number of carbonyl (C=O) groups is 2. The van der Waals surface area contributed by atoms with Crippen molar-refractivity contribution >= 4 is 11.9 Å². The van der Waals surface area contributed by atoms with E-state index in [-0.39, 0.29) is 11.9 Å². The molecule has 0 heterocycles. The van der Waals surface area contributed by atoms with Gasteiger partial charge in [0.1, 0.15) is 0 Å². The Morgan fingerprint density at radius 1 is 0.560 bits per heavy atom. The van der Waals surface area contributed by atoms with Gasteiger partial charge in [-0.05, 0) is 24.7 Å². The highest BCUT2D eigenvalue weighted by Crippen LogP contribution is 2.13. The van der Waals surface area contributed by atoms with Crippen LogP contribution < -0.4 is 0 Å². The number of rotatable bonds is 16. The Hall–Kier alpha value is -0.860. The third kappa shape index (κ3) is 19.3. The standard InChI is InChI=1S/C22H42O3/c1-19(2)15-11-7-5-9-13-17-21(23)25-22(24)18-14-10-6-8-12-16-20(3)4/h19-20H,5-18H2,1-4H3. The minimum atomic E-state index is -0.343. The Bertz CT molecular complexity index is 302. The molecule has 148 valence electrons. The van der Waals surface area contributed by atoms with Gasteiger partial charge >= 0.3 is 11.9 Å². The molecular formula is C22H42O3. The maximum Gasteiger partial charge on any atom is 0.313 e. The van der Waals surface area contributed by atoms with E-state index >= 15 is 0 Å². The van der Waals surface area contributed by atoms with E-state index in [0.717, 1.165) is 37.5 Å². The zero-order valence-electron chi connectivity index (χ0n) is 17.3. The Morgan fingerprint density at radius 2 is 0.880 bits per heavy atom. The largest absolute Gasteiger partial charge is 0.393 e. The minimum Gasteiger partial charge on any atom is -0.393 e. The van der Waals surface area contributed by atoms with Crippen LogP contribution in [0, 0.1) is 11.8 Å². The van der Waals surface area contributed by atoms with E-state index in [1.165, 1.54) is 51.4 Å². The zero-order chi connectivity index (χ0) is 18.9. The van der Waals surface area contributed by atoms with Gasteiger partial charge < -0.3 is 4.74 Å². The lowest BCUT2D eigenvalue weighted by atomic mass is 10.0. The van der Waals surface area contributed by atoms with Crippen molar-refractivity contribution in [2.45, 2.75) is 118 Å². The van der Waals surface area contributed by atoms with Gasteiger partial charge in [0.05, 0.1) is 0 Å². The van der Waals surface area contributed by atoms with Crippen molar-refractivity contribution in [1.82, 2.24) is 0 Å². The van der Waals surface area contributed by atoms with E-state index in [2.05, 4.69) is 27.7 Å². The number of hydrogen-bond donors (Lipinski definition) is 0. The van der Waals surface area contributed by atoms with E-state index in [0.29, 0.717) is 12.8 Å². The Kier molecular flexibility index (Phi) is 16.0. The molecule has 0 aliphatic heterocycles. The van der Waals surface area contributed by atoms with Gasteiger partial charge in [-0.3, -0.25) is 9.59 Å². The van der Waals surface area contributed by atoms with Gasteiger partial charge in [-0.25, -0.2) is 0 Å². The molecule has 0 aromatic carbocycles. The second-order valence-corrected chi connectivity index (χ2v) is 8.25. The number of unbranched alkanes of at least 4 members (excludes halogenated alkanes) is 8. The average molecular weight is 355 g/mol. The van der Waals surface area contributed by atoms with Crippen molar-refractivity contribution in [2.75, 3.05) is 0 Å². The molecule has 0 rings (SSSR count). The van der Waals surface area contributed by atoms with Crippen molar-refractivity contribution in [3.8, 4) is 0 Å². The molecule has 0 aliphatic carbocycles. The number of esters is 2. The molecule has 0 unspecified atom stereocenters. The van der Waals surface area contributed by atoms with Crippen molar-refractivity contribution < 1.29 is 14.3 Å². The summed E-state index contributed by atoms with van der Waals surface area (Å²) in [5.74, 6) is 0.871. The van der Waals surface area contributed by atoms with Gasteiger partial charge in [0.25, 0.3) is 0 Å². The molecule has 0 bridgehead atoms. The predicted molar refractivity (Wildman–Crippen MR) is 105 cm³/mol. The number of hydrogen-bond acceptors (Lipinski definition) is 3. The normalized spacial score (nSPS) is 11.3. The van der Waals surface area contributed by atoms with Crippen LogP contribution in [0.2, 0.25) is 0 Å². The van der Waals surface area contributed by atoms with Gasteiger partial charge in [-0.1, -0.05) is 91.9 Å². The molecule has 0 aliphatic rings. The minimum absolute atomic E-state index is 0.343. The molecule has 0 spiro atoms. The molecule has 0 saturated carbocycles. The lowest BCUT2D eigenvalue weighted by molar-refractivity contribution is -0.159. The van der Waals surface area contributed by atoms with Crippen LogP contribution in [0.4, 0.5) is 0 Å². The highest BCUT2D eigenvalue weighted by Gasteiger charge is 2.09. The number of ether oxygens (including phenoxy) is 1. The second-order valence-electron chi connectivity index (χ2n) is 8.25. The maximum atomic E-state index is 11.6. The maximum absolute atomic E-state index is 11.6. The fourth-order valence-electron chi connectivity index (χ4n) is 2.93. The molecule has 0 radical (unpaired) electrons. The number of carbonyl (C=O) groups excluding carboxylic acids is 2. The van der Waals surface area contributed by atoms with Crippen LogP contribution in [0.15, 0.2) is 0 Å². The Balaban J connectivity index is 3.40. The molecule has 25 heavy (non-hydrogen) atoms. The first-order chi connectivity index (χ1) is 11.9. The summed E-state index contributed by atoms with van der Waals surface area (Å²) < 4.78 is 4.89. The molecule has 0 aromatic rings. The van der Waals surface area contributed by atoms with Crippen LogP contribution in [-0.4, -0.2) is 11.9 Å². The molecule has 3 heteroatoms. The highest BCUT2D eigenvalue weighted by atomic mass is 16.6. The molecular weight excluding hydrogens is 312 g/mol. The van der Waals surface area contributed by atoms with E-state index in [1.54, 1.807) is 0 Å². The van der Waals surface area contributed by atoms with Gasteiger partial charge in [0, 0.05) is 12.8 Å². The van der Waals surface area contributed by atoms with Crippen LogP contribution in [-0.2, 0) is 14.3 Å². The fraction of sp³-hybridized carbons (Fsp3) is 0.909. The van der Waals surface area contributed by atoms with E-state index < -0.39 is 0 Å². The van der Waals surface area contributed by atoms with Gasteiger partial charge in [-0.15, -0.1) is 0 Å². The summed E-state index contributed by atoms with van der Waals surface area (Å²) in [6.07, 6.45) is 14.5. The third-order valence-corrected chi connectivity index (χ3v) is 4.55. The summed E-state index contributed by atoms with van der Waals surface area (Å²) in [5.41, 5.74) is 0. The van der Waals surface area contributed by atoms with Gasteiger partial charge in [0.2, 0.25) is 0 Å². The molecule has 0 N–H and O–H groups in total. The first-order valence-electron chi connectivity index (χ1n) is 10.6. The van der Waals surface area contributed by atoms with Crippen molar-refractivity contribution in [3.63, 3.8) is 0 Å². The van der Waals surface area contributed by atoms with Crippen LogP contribution in [0.25, 0.3) is 0 Å². The van der Waals surface area contributed by atoms with Crippen molar-refractivity contribution in [3.05, 3.63) is 0 Å². The van der Waals surface area contributed by atoms with Crippen LogP contribution in [0.1, 0.15) is 118 Å². The molecule has 3 nitrogen and oxygen atoms in total. The van der Waals surface area contributed by atoms with Crippen molar-refractivity contribution in [2.24, 2.45) is 11.8 Å². The quantitative estimate of drug-likeness (QED) is 0.173. The summed E-state index contributed by atoms with van der Waals surface area (Å²) in [6, 6.07) is 0. The Labute approximate surface area is 156 Å². The van der Waals surface area contributed by atoms with E-state index in [1.807, 2.05) is 0 Å². The summed E-state index contributed by atoms with van der Waals surface area (Å²) in [7, 11) is 0. The van der Waals surface area contributed by atoms with Gasteiger partial charge in [0.15, 0.2) is 0 Å². The molecule has 0 amide bonds. The van der Waals surface area contributed by atoms with Crippen LogP contribution in [0.3, 0.4) is 0 Å². The summed E-state index contributed by atoms with van der Waals surface area (Å²) >= 11 is 0. The smallest absolute Gasteiger partial charge is 0.313 e. The average Bonchev–Trinajstić information content (AvgIpc) is 2.52. The monoisotopic (exact) mass is 354 g/mol. The third-order valence-electron chi connectivity index (χ3n) is 4.55. The first kappa shape index (κ1) is 24.1. The van der Waals surface area contributed by atoms with Crippen molar-refractivity contribution in [1.29, 1.82) is 0 Å². The first-order valence-corrected chi connectivity index (χ1v) is 10.6. The summed E-state index contributed by atoms with van der Waals surface area (Å²) in [4.78, 5) is 23.3. The van der Waals surface area contributed by atoms with Crippen LogP contribution >= 0.6 is 0 Å². The second kappa shape index (κ2) is 16.6. The molecule has 0 atom stereocenters. The zero-order valence-corrected chi connectivity index (χ0v) is 17.3.